The summed E-state index contributed by atoms with van der Waals surface area (Å²) in [5.41, 5.74) is 2.06. The SMILES string of the molecule is CCOc1cc2c(cc1CNC(=O)CNC(=O)c1cccc(F)c1)O[C@@H](C)C2. The fourth-order valence-electron chi connectivity index (χ4n) is 3.06. The Labute approximate surface area is 163 Å². The average Bonchev–Trinajstić information content (AvgIpc) is 3.03. The van der Waals surface area contributed by atoms with Crippen LogP contribution in [0, 0.1) is 5.82 Å². The number of ether oxygens (including phenoxy) is 2. The summed E-state index contributed by atoms with van der Waals surface area (Å²) in [5.74, 6) is 0.142. The quantitative estimate of drug-likeness (QED) is 0.767. The van der Waals surface area contributed by atoms with E-state index < -0.39 is 11.7 Å². The lowest BCUT2D eigenvalue weighted by Crippen LogP contribution is -2.36. The smallest absolute Gasteiger partial charge is 0.251 e. The predicted octanol–water partition coefficient (Wildman–Crippen LogP) is 2.59. The van der Waals surface area contributed by atoms with Gasteiger partial charge in [0.05, 0.1) is 13.2 Å². The van der Waals surface area contributed by atoms with Gasteiger partial charge in [-0.15, -0.1) is 0 Å². The number of halogens is 1. The van der Waals surface area contributed by atoms with Crippen molar-refractivity contribution in [2.24, 2.45) is 0 Å². The van der Waals surface area contributed by atoms with Gasteiger partial charge in [0.2, 0.25) is 5.91 Å². The first-order valence-electron chi connectivity index (χ1n) is 9.22. The highest BCUT2D eigenvalue weighted by Crippen LogP contribution is 2.35. The van der Waals surface area contributed by atoms with Gasteiger partial charge in [0.1, 0.15) is 23.4 Å². The zero-order chi connectivity index (χ0) is 20.1. The topological polar surface area (TPSA) is 76.7 Å². The van der Waals surface area contributed by atoms with Gasteiger partial charge in [0.15, 0.2) is 0 Å². The molecule has 3 rings (SSSR count). The molecule has 6 nitrogen and oxygen atoms in total. The van der Waals surface area contributed by atoms with Crippen molar-refractivity contribution in [1.29, 1.82) is 0 Å². The summed E-state index contributed by atoms with van der Waals surface area (Å²) in [4.78, 5) is 24.1. The molecule has 0 bridgehead atoms. The first-order valence-corrected chi connectivity index (χ1v) is 9.22. The van der Waals surface area contributed by atoms with E-state index in [9.17, 15) is 14.0 Å². The van der Waals surface area contributed by atoms with E-state index in [4.69, 9.17) is 9.47 Å². The van der Waals surface area contributed by atoms with Gasteiger partial charge in [-0.05, 0) is 44.2 Å². The molecule has 2 N–H and O–H groups in total. The lowest BCUT2D eigenvalue weighted by molar-refractivity contribution is -0.120. The van der Waals surface area contributed by atoms with Crippen LogP contribution in [-0.2, 0) is 17.8 Å². The summed E-state index contributed by atoms with van der Waals surface area (Å²) in [6.45, 7) is 4.45. The molecular weight excluding hydrogens is 363 g/mol. The number of fused-ring (bicyclic) bond motifs is 1. The molecule has 28 heavy (non-hydrogen) atoms. The van der Waals surface area contributed by atoms with E-state index in [1.54, 1.807) is 0 Å². The van der Waals surface area contributed by atoms with Crippen molar-refractivity contribution in [3.05, 3.63) is 58.9 Å². The van der Waals surface area contributed by atoms with Crippen LogP contribution in [0.15, 0.2) is 36.4 Å². The van der Waals surface area contributed by atoms with Crippen LogP contribution in [0.5, 0.6) is 11.5 Å². The molecule has 0 saturated carbocycles. The lowest BCUT2D eigenvalue weighted by atomic mass is 10.1. The zero-order valence-corrected chi connectivity index (χ0v) is 15.9. The van der Waals surface area contributed by atoms with Crippen LogP contribution in [0.2, 0.25) is 0 Å². The molecule has 2 aromatic rings. The van der Waals surface area contributed by atoms with Gasteiger partial charge in [-0.1, -0.05) is 6.07 Å². The van der Waals surface area contributed by atoms with Crippen molar-refractivity contribution in [3.8, 4) is 11.5 Å². The summed E-state index contributed by atoms with van der Waals surface area (Å²) in [5, 5.41) is 5.23. The fraction of sp³-hybridized carbons (Fsp3) is 0.333. The van der Waals surface area contributed by atoms with Crippen LogP contribution in [0.3, 0.4) is 0 Å². The largest absolute Gasteiger partial charge is 0.494 e. The zero-order valence-electron chi connectivity index (χ0n) is 15.9. The molecule has 0 fully saturated rings. The molecular formula is C21H23FN2O4. The Morgan fingerprint density at radius 1 is 1.25 bits per heavy atom. The summed E-state index contributed by atoms with van der Waals surface area (Å²) in [6, 6.07) is 9.13. The van der Waals surface area contributed by atoms with Crippen molar-refractivity contribution in [1.82, 2.24) is 10.6 Å². The van der Waals surface area contributed by atoms with Crippen LogP contribution in [0.1, 0.15) is 35.3 Å². The van der Waals surface area contributed by atoms with Crippen molar-refractivity contribution in [2.75, 3.05) is 13.2 Å². The Bertz CT molecular complexity index is 885. The van der Waals surface area contributed by atoms with Crippen molar-refractivity contribution < 1.29 is 23.5 Å². The Morgan fingerprint density at radius 3 is 2.82 bits per heavy atom. The molecule has 1 heterocycles. The van der Waals surface area contributed by atoms with Gasteiger partial charge in [-0.3, -0.25) is 9.59 Å². The van der Waals surface area contributed by atoms with Crippen LogP contribution in [0.25, 0.3) is 0 Å². The third-order valence-electron chi connectivity index (χ3n) is 4.35. The first kappa shape index (κ1) is 19.7. The molecule has 0 spiro atoms. The van der Waals surface area contributed by atoms with Crippen molar-refractivity contribution in [2.45, 2.75) is 32.9 Å². The molecule has 0 aromatic heterocycles. The third kappa shape index (κ3) is 4.79. The number of hydrogen-bond donors (Lipinski definition) is 2. The minimum Gasteiger partial charge on any atom is -0.494 e. The summed E-state index contributed by atoms with van der Waals surface area (Å²) < 4.78 is 24.6. The van der Waals surface area contributed by atoms with Gasteiger partial charge in [0, 0.05) is 29.7 Å². The fourth-order valence-corrected chi connectivity index (χ4v) is 3.06. The molecule has 1 aliphatic heterocycles. The minimum atomic E-state index is -0.510. The minimum absolute atomic E-state index is 0.118. The molecule has 7 heteroatoms. The number of carbonyl (C=O) groups excluding carboxylic acids is 2. The van der Waals surface area contributed by atoms with Crippen molar-refractivity contribution >= 4 is 11.8 Å². The third-order valence-corrected chi connectivity index (χ3v) is 4.35. The van der Waals surface area contributed by atoms with E-state index in [0.717, 1.165) is 29.4 Å². The number of hydrogen-bond acceptors (Lipinski definition) is 4. The molecule has 148 valence electrons. The van der Waals surface area contributed by atoms with Gasteiger partial charge in [-0.25, -0.2) is 4.39 Å². The highest BCUT2D eigenvalue weighted by molar-refractivity contribution is 5.96. The number of benzene rings is 2. The molecule has 2 aromatic carbocycles. The van der Waals surface area contributed by atoms with Crippen LogP contribution in [-0.4, -0.2) is 31.1 Å². The van der Waals surface area contributed by atoms with Gasteiger partial charge >= 0.3 is 0 Å². The normalized spacial score (nSPS) is 14.8. The van der Waals surface area contributed by atoms with Crippen molar-refractivity contribution in [3.63, 3.8) is 0 Å². The standard InChI is InChI=1S/C21H23FN2O4/c1-3-27-18-9-15-7-13(2)28-19(15)10-16(18)11-23-20(25)12-24-21(26)14-5-4-6-17(22)8-14/h4-6,8-10,13H,3,7,11-12H2,1-2H3,(H,23,25)(H,24,26)/t13-/m0/s1. The maximum atomic E-state index is 13.2. The molecule has 0 unspecified atom stereocenters. The van der Waals surface area contributed by atoms with E-state index in [0.29, 0.717) is 12.4 Å². The predicted molar refractivity (Wildman–Crippen MR) is 102 cm³/mol. The van der Waals surface area contributed by atoms with E-state index in [2.05, 4.69) is 10.6 Å². The second kappa shape index (κ2) is 8.73. The van der Waals surface area contributed by atoms with E-state index in [-0.39, 0.29) is 30.7 Å². The van der Waals surface area contributed by atoms with Gasteiger partial charge < -0.3 is 20.1 Å². The number of amides is 2. The molecule has 0 saturated heterocycles. The van der Waals surface area contributed by atoms with Gasteiger partial charge in [-0.2, -0.15) is 0 Å². The summed E-state index contributed by atoms with van der Waals surface area (Å²) in [7, 11) is 0. The van der Waals surface area contributed by atoms with E-state index in [1.165, 1.54) is 18.2 Å². The average molecular weight is 386 g/mol. The second-order valence-corrected chi connectivity index (χ2v) is 6.60. The first-order chi connectivity index (χ1) is 13.5. The van der Waals surface area contributed by atoms with Crippen LogP contribution < -0.4 is 20.1 Å². The highest BCUT2D eigenvalue weighted by Gasteiger charge is 2.22. The Kier molecular flexibility index (Phi) is 6.13. The maximum absolute atomic E-state index is 13.2. The molecule has 2 amide bonds. The highest BCUT2D eigenvalue weighted by atomic mass is 19.1. The second-order valence-electron chi connectivity index (χ2n) is 6.60. The monoisotopic (exact) mass is 386 g/mol. The molecule has 0 aliphatic carbocycles. The Hall–Kier alpha value is -3.09. The van der Waals surface area contributed by atoms with E-state index >= 15 is 0 Å². The Balaban J connectivity index is 1.57. The lowest BCUT2D eigenvalue weighted by Gasteiger charge is -2.13. The van der Waals surface area contributed by atoms with Crippen LogP contribution >= 0.6 is 0 Å². The molecule has 1 atom stereocenters. The summed E-state index contributed by atoms with van der Waals surface area (Å²) in [6.07, 6.45) is 0.945. The Morgan fingerprint density at radius 2 is 2.07 bits per heavy atom. The molecule has 0 radical (unpaired) electrons. The summed E-state index contributed by atoms with van der Waals surface area (Å²) >= 11 is 0. The number of nitrogens with one attached hydrogen (secondary N) is 2. The number of rotatable bonds is 7. The maximum Gasteiger partial charge on any atom is 0.251 e. The number of carbonyl (C=O) groups is 2. The van der Waals surface area contributed by atoms with Gasteiger partial charge in [0.25, 0.3) is 5.91 Å². The van der Waals surface area contributed by atoms with E-state index in [1.807, 2.05) is 26.0 Å². The molecule has 1 aliphatic rings. The van der Waals surface area contributed by atoms with Crippen LogP contribution in [0.4, 0.5) is 4.39 Å².